The Kier molecular flexibility index (Phi) is 5.25. The van der Waals surface area contributed by atoms with E-state index in [0.717, 1.165) is 31.8 Å². The predicted octanol–water partition coefficient (Wildman–Crippen LogP) is 1.19. The first-order chi connectivity index (χ1) is 7.50. The molecule has 1 rings (SSSR count). The number of likely N-dealkylation sites (tertiary alicyclic amines) is 1. The predicted molar refractivity (Wildman–Crippen MR) is 66.9 cm³/mol. The van der Waals surface area contributed by atoms with Crippen LogP contribution in [-0.4, -0.2) is 46.3 Å². The SMILES string of the molecule is CC1CCN(C(=O)NCC(C)S(C)=O)CC1. The second-order valence-electron chi connectivity index (χ2n) is 4.66. The third kappa shape index (κ3) is 4.12. The summed E-state index contributed by atoms with van der Waals surface area (Å²) in [6.07, 6.45) is 3.84. The first kappa shape index (κ1) is 13.5. The average molecular weight is 246 g/mol. The standard InChI is InChI=1S/C11H22N2O2S/c1-9-4-6-13(7-5-9)11(14)12-8-10(2)16(3)15/h9-10H,4-8H2,1-3H3,(H,12,14). The van der Waals surface area contributed by atoms with Crippen molar-refractivity contribution in [1.82, 2.24) is 10.2 Å². The highest BCUT2D eigenvalue weighted by Crippen LogP contribution is 2.15. The maximum absolute atomic E-state index is 11.7. The molecule has 5 heteroatoms. The van der Waals surface area contributed by atoms with Gasteiger partial charge in [-0.05, 0) is 25.7 Å². The minimum Gasteiger partial charge on any atom is -0.337 e. The second-order valence-corrected chi connectivity index (χ2v) is 6.47. The number of rotatable bonds is 3. The van der Waals surface area contributed by atoms with Crippen molar-refractivity contribution in [3.05, 3.63) is 0 Å². The van der Waals surface area contributed by atoms with Crippen LogP contribution in [0.1, 0.15) is 26.7 Å². The molecule has 0 aromatic carbocycles. The van der Waals surface area contributed by atoms with Gasteiger partial charge in [-0.2, -0.15) is 0 Å². The Morgan fingerprint density at radius 1 is 1.50 bits per heavy atom. The second kappa shape index (κ2) is 6.23. The van der Waals surface area contributed by atoms with Crippen molar-refractivity contribution in [2.45, 2.75) is 31.9 Å². The van der Waals surface area contributed by atoms with E-state index in [4.69, 9.17) is 0 Å². The number of piperidine rings is 1. The van der Waals surface area contributed by atoms with Crippen LogP contribution in [0.2, 0.25) is 0 Å². The summed E-state index contributed by atoms with van der Waals surface area (Å²) in [5.74, 6) is 0.728. The minimum atomic E-state index is -0.871. The van der Waals surface area contributed by atoms with E-state index in [0.29, 0.717) is 6.54 Å². The number of nitrogens with one attached hydrogen (secondary N) is 1. The molecule has 16 heavy (non-hydrogen) atoms. The zero-order chi connectivity index (χ0) is 12.1. The van der Waals surface area contributed by atoms with Gasteiger partial charge in [0.05, 0.1) is 0 Å². The summed E-state index contributed by atoms with van der Waals surface area (Å²) in [4.78, 5) is 13.6. The fraction of sp³-hybridized carbons (Fsp3) is 0.909. The number of hydrogen-bond donors (Lipinski definition) is 1. The molecule has 1 N–H and O–H groups in total. The Labute approximate surface area is 100 Å². The Morgan fingerprint density at radius 3 is 2.56 bits per heavy atom. The lowest BCUT2D eigenvalue weighted by molar-refractivity contribution is 0.174. The summed E-state index contributed by atoms with van der Waals surface area (Å²) in [6, 6.07) is -0.01000. The number of hydrogen-bond acceptors (Lipinski definition) is 2. The molecule has 0 radical (unpaired) electrons. The van der Waals surface area contributed by atoms with Gasteiger partial charge in [0, 0.05) is 41.9 Å². The van der Waals surface area contributed by atoms with Crippen LogP contribution < -0.4 is 5.32 Å². The van der Waals surface area contributed by atoms with Crippen LogP contribution >= 0.6 is 0 Å². The van der Waals surface area contributed by atoms with Crippen molar-refractivity contribution in [2.24, 2.45) is 5.92 Å². The van der Waals surface area contributed by atoms with Gasteiger partial charge in [-0.1, -0.05) is 6.92 Å². The number of nitrogens with zero attached hydrogens (tertiary/aromatic N) is 1. The van der Waals surface area contributed by atoms with Crippen molar-refractivity contribution in [2.75, 3.05) is 25.9 Å². The van der Waals surface area contributed by atoms with E-state index in [2.05, 4.69) is 12.2 Å². The highest BCUT2D eigenvalue weighted by molar-refractivity contribution is 7.84. The van der Waals surface area contributed by atoms with Crippen molar-refractivity contribution >= 4 is 16.8 Å². The molecule has 1 aliphatic rings. The maximum Gasteiger partial charge on any atom is 0.317 e. The molecule has 1 heterocycles. The third-order valence-electron chi connectivity index (χ3n) is 3.18. The fourth-order valence-corrected chi connectivity index (χ4v) is 1.99. The van der Waals surface area contributed by atoms with Gasteiger partial charge in [-0.15, -0.1) is 0 Å². The van der Waals surface area contributed by atoms with E-state index in [1.165, 1.54) is 0 Å². The molecule has 2 amide bonds. The first-order valence-corrected chi connectivity index (χ1v) is 7.48. The van der Waals surface area contributed by atoms with Gasteiger partial charge >= 0.3 is 6.03 Å². The molecule has 0 spiro atoms. The van der Waals surface area contributed by atoms with Crippen molar-refractivity contribution in [3.8, 4) is 0 Å². The van der Waals surface area contributed by atoms with Crippen LogP contribution in [0, 0.1) is 5.92 Å². The topological polar surface area (TPSA) is 49.4 Å². The van der Waals surface area contributed by atoms with Gasteiger partial charge in [0.25, 0.3) is 0 Å². The smallest absolute Gasteiger partial charge is 0.317 e. The van der Waals surface area contributed by atoms with E-state index in [9.17, 15) is 9.00 Å². The molecule has 1 fully saturated rings. The lowest BCUT2D eigenvalue weighted by atomic mass is 10.00. The van der Waals surface area contributed by atoms with Gasteiger partial charge < -0.3 is 10.2 Å². The van der Waals surface area contributed by atoms with E-state index in [-0.39, 0.29) is 11.3 Å². The Morgan fingerprint density at radius 2 is 2.06 bits per heavy atom. The summed E-state index contributed by atoms with van der Waals surface area (Å²) < 4.78 is 11.1. The average Bonchev–Trinajstić information content (AvgIpc) is 2.26. The molecular weight excluding hydrogens is 224 g/mol. The van der Waals surface area contributed by atoms with Gasteiger partial charge in [0.15, 0.2) is 0 Å². The molecular formula is C11H22N2O2S. The molecule has 4 nitrogen and oxygen atoms in total. The molecule has 0 bridgehead atoms. The number of carbonyl (C=O) groups is 1. The van der Waals surface area contributed by atoms with Crippen molar-refractivity contribution in [1.29, 1.82) is 0 Å². The van der Waals surface area contributed by atoms with Crippen LogP contribution in [0.5, 0.6) is 0 Å². The summed E-state index contributed by atoms with van der Waals surface area (Å²) in [6.45, 7) is 6.29. The zero-order valence-electron chi connectivity index (χ0n) is 10.4. The highest BCUT2D eigenvalue weighted by atomic mass is 32.2. The Hall–Kier alpha value is -0.580. The molecule has 0 aromatic heterocycles. The Balaban J connectivity index is 2.27. The van der Waals surface area contributed by atoms with Gasteiger partial charge in [-0.25, -0.2) is 4.79 Å². The number of amides is 2. The molecule has 1 aliphatic heterocycles. The van der Waals surface area contributed by atoms with E-state index < -0.39 is 10.8 Å². The summed E-state index contributed by atoms with van der Waals surface area (Å²) >= 11 is 0. The zero-order valence-corrected chi connectivity index (χ0v) is 11.2. The monoisotopic (exact) mass is 246 g/mol. The maximum atomic E-state index is 11.7. The third-order valence-corrected chi connectivity index (χ3v) is 4.48. The number of urea groups is 1. The van der Waals surface area contributed by atoms with Crippen LogP contribution in [0.3, 0.4) is 0 Å². The Bertz CT molecular complexity index is 263. The lowest BCUT2D eigenvalue weighted by Gasteiger charge is -2.30. The van der Waals surface area contributed by atoms with Crippen molar-refractivity contribution < 1.29 is 9.00 Å². The fourth-order valence-electron chi connectivity index (χ4n) is 1.67. The quantitative estimate of drug-likeness (QED) is 0.813. The summed E-state index contributed by atoms with van der Waals surface area (Å²) in [5.41, 5.74) is 0. The van der Waals surface area contributed by atoms with Gasteiger partial charge in [-0.3, -0.25) is 4.21 Å². The van der Waals surface area contributed by atoms with Crippen LogP contribution in [0.4, 0.5) is 4.79 Å². The molecule has 94 valence electrons. The van der Waals surface area contributed by atoms with E-state index >= 15 is 0 Å². The molecule has 0 aliphatic carbocycles. The van der Waals surface area contributed by atoms with E-state index in [1.54, 1.807) is 6.26 Å². The molecule has 2 atom stereocenters. The molecule has 0 aromatic rings. The summed E-state index contributed by atoms with van der Waals surface area (Å²) in [7, 11) is -0.871. The normalized spacial score (nSPS) is 21.6. The largest absolute Gasteiger partial charge is 0.337 e. The van der Waals surface area contributed by atoms with Crippen LogP contribution in [0.15, 0.2) is 0 Å². The van der Waals surface area contributed by atoms with Crippen molar-refractivity contribution in [3.63, 3.8) is 0 Å². The minimum absolute atomic E-state index is 0.01000. The number of carbonyl (C=O) groups excluding carboxylic acids is 1. The van der Waals surface area contributed by atoms with Crippen LogP contribution in [-0.2, 0) is 10.8 Å². The van der Waals surface area contributed by atoms with Gasteiger partial charge in [0.2, 0.25) is 0 Å². The first-order valence-electron chi connectivity index (χ1n) is 5.85. The lowest BCUT2D eigenvalue weighted by Crippen LogP contribution is -2.46. The summed E-state index contributed by atoms with van der Waals surface area (Å²) in [5, 5.41) is 2.86. The van der Waals surface area contributed by atoms with Crippen LogP contribution in [0.25, 0.3) is 0 Å². The van der Waals surface area contributed by atoms with E-state index in [1.807, 2.05) is 11.8 Å². The van der Waals surface area contributed by atoms with Gasteiger partial charge in [0.1, 0.15) is 0 Å². The molecule has 1 saturated heterocycles. The molecule has 2 unspecified atom stereocenters. The highest BCUT2D eigenvalue weighted by Gasteiger charge is 2.20. The molecule has 0 saturated carbocycles.